The van der Waals surface area contributed by atoms with E-state index in [4.69, 9.17) is 5.26 Å². The van der Waals surface area contributed by atoms with Crippen LogP contribution in [-0.2, 0) is 0 Å². The van der Waals surface area contributed by atoms with Gasteiger partial charge in [0.25, 0.3) is 5.91 Å². The fourth-order valence-electron chi connectivity index (χ4n) is 1.20. The van der Waals surface area contributed by atoms with Crippen molar-refractivity contribution in [3.8, 4) is 6.07 Å². The first-order chi connectivity index (χ1) is 7.79. The summed E-state index contributed by atoms with van der Waals surface area (Å²) >= 11 is 0. The van der Waals surface area contributed by atoms with E-state index in [1.165, 1.54) is 18.5 Å². The number of nitrogens with one attached hydrogen (secondary N) is 1. The Morgan fingerprint density at radius 3 is 3.06 bits per heavy atom. The van der Waals surface area contributed by atoms with E-state index in [0.717, 1.165) is 0 Å². The van der Waals surface area contributed by atoms with E-state index in [2.05, 4.69) is 15.0 Å². The lowest BCUT2D eigenvalue weighted by molar-refractivity contribution is 0.102. The molecule has 1 heterocycles. The summed E-state index contributed by atoms with van der Waals surface area (Å²) in [6, 6.07) is 8.40. The lowest BCUT2D eigenvalue weighted by Gasteiger charge is -2.01. The molecule has 0 atom stereocenters. The number of nitrogens with zero attached hydrogens (tertiary/aromatic N) is 2. The van der Waals surface area contributed by atoms with Crippen molar-refractivity contribution in [2.75, 3.05) is 5.32 Å². The van der Waals surface area contributed by atoms with Crippen LogP contribution in [0.5, 0.6) is 0 Å². The van der Waals surface area contributed by atoms with Gasteiger partial charge in [-0.25, -0.2) is 0 Å². The van der Waals surface area contributed by atoms with Crippen molar-refractivity contribution in [3.63, 3.8) is 0 Å². The second-order valence-electron chi connectivity index (χ2n) is 3.06. The van der Waals surface area contributed by atoms with Crippen LogP contribution in [0.1, 0.15) is 15.9 Å². The van der Waals surface area contributed by atoms with Gasteiger partial charge in [0.05, 0.1) is 17.8 Å². The second-order valence-corrected chi connectivity index (χ2v) is 3.06. The van der Waals surface area contributed by atoms with Crippen molar-refractivity contribution in [1.29, 1.82) is 5.26 Å². The molecule has 0 fully saturated rings. The minimum absolute atomic E-state index is 0.305. The van der Waals surface area contributed by atoms with E-state index >= 15 is 0 Å². The van der Waals surface area contributed by atoms with Crippen LogP contribution in [0.25, 0.3) is 0 Å². The standard InChI is InChI=1S/C11H7N3O2/c12-5-8-2-1-3-9(4-8)11(15)14-10-6-13-16-7-10/h1-4,6-7H,(H,14,15). The molecule has 16 heavy (non-hydrogen) atoms. The molecule has 2 rings (SSSR count). The summed E-state index contributed by atoms with van der Waals surface area (Å²) in [4.78, 5) is 11.7. The van der Waals surface area contributed by atoms with E-state index in [1.807, 2.05) is 6.07 Å². The highest BCUT2D eigenvalue weighted by Gasteiger charge is 2.07. The first kappa shape index (κ1) is 9.93. The molecule has 0 aliphatic rings. The Morgan fingerprint density at radius 1 is 1.50 bits per heavy atom. The molecule has 0 saturated carbocycles. The number of carbonyl (C=O) groups is 1. The van der Waals surface area contributed by atoms with Gasteiger partial charge in [0, 0.05) is 5.56 Å². The highest BCUT2D eigenvalue weighted by molar-refractivity contribution is 6.04. The van der Waals surface area contributed by atoms with Gasteiger partial charge in [0.1, 0.15) is 12.0 Å². The van der Waals surface area contributed by atoms with Crippen molar-refractivity contribution in [3.05, 3.63) is 47.9 Å². The minimum Gasteiger partial charge on any atom is -0.363 e. The molecule has 0 bridgehead atoms. The van der Waals surface area contributed by atoms with Gasteiger partial charge >= 0.3 is 0 Å². The lowest BCUT2D eigenvalue weighted by Crippen LogP contribution is -2.11. The molecule has 5 nitrogen and oxygen atoms in total. The smallest absolute Gasteiger partial charge is 0.255 e. The lowest BCUT2D eigenvalue weighted by atomic mass is 10.1. The maximum absolute atomic E-state index is 11.7. The predicted molar refractivity (Wildman–Crippen MR) is 55.6 cm³/mol. The molecule has 0 aliphatic carbocycles. The van der Waals surface area contributed by atoms with Crippen molar-refractivity contribution in [2.24, 2.45) is 0 Å². The summed E-state index contributed by atoms with van der Waals surface area (Å²) in [6.07, 6.45) is 2.72. The third-order valence-corrected chi connectivity index (χ3v) is 1.94. The molecule has 1 N–H and O–H groups in total. The number of hydrogen-bond acceptors (Lipinski definition) is 4. The Balaban J connectivity index is 2.18. The number of hydrogen-bond donors (Lipinski definition) is 1. The number of carbonyl (C=O) groups excluding carboxylic acids is 1. The van der Waals surface area contributed by atoms with Crippen LogP contribution in [0, 0.1) is 11.3 Å². The number of amides is 1. The molecule has 78 valence electrons. The predicted octanol–water partition coefficient (Wildman–Crippen LogP) is 1.80. The molecule has 0 saturated heterocycles. The first-order valence-corrected chi connectivity index (χ1v) is 4.50. The van der Waals surface area contributed by atoms with E-state index in [9.17, 15) is 4.79 Å². The molecule has 0 aliphatic heterocycles. The van der Waals surface area contributed by atoms with Crippen molar-refractivity contribution < 1.29 is 9.32 Å². The normalized spacial score (nSPS) is 9.44. The highest BCUT2D eigenvalue weighted by Crippen LogP contribution is 2.09. The van der Waals surface area contributed by atoms with Crippen molar-refractivity contribution in [2.45, 2.75) is 0 Å². The van der Waals surface area contributed by atoms with E-state index in [0.29, 0.717) is 16.8 Å². The third-order valence-electron chi connectivity index (χ3n) is 1.94. The molecule has 1 amide bonds. The minimum atomic E-state index is -0.305. The number of nitriles is 1. The van der Waals surface area contributed by atoms with Crippen molar-refractivity contribution >= 4 is 11.6 Å². The van der Waals surface area contributed by atoms with Crippen LogP contribution in [0.15, 0.2) is 41.2 Å². The molecule has 5 heteroatoms. The van der Waals surface area contributed by atoms with E-state index in [1.54, 1.807) is 18.2 Å². The SMILES string of the molecule is N#Cc1cccc(C(=O)Nc2cnoc2)c1. The Morgan fingerprint density at radius 2 is 2.38 bits per heavy atom. The van der Waals surface area contributed by atoms with Crippen LogP contribution in [0.3, 0.4) is 0 Å². The first-order valence-electron chi connectivity index (χ1n) is 4.50. The van der Waals surface area contributed by atoms with Gasteiger partial charge < -0.3 is 9.84 Å². The van der Waals surface area contributed by atoms with E-state index in [-0.39, 0.29) is 5.91 Å². The molecule has 1 aromatic heterocycles. The van der Waals surface area contributed by atoms with E-state index < -0.39 is 0 Å². The Kier molecular flexibility index (Phi) is 2.65. The van der Waals surface area contributed by atoms with Crippen LogP contribution < -0.4 is 5.32 Å². The summed E-state index contributed by atoms with van der Waals surface area (Å²) in [5.74, 6) is -0.305. The molecule has 1 aromatic carbocycles. The second kappa shape index (κ2) is 4.28. The summed E-state index contributed by atoms with van der Waals surface area (Å²) in [6.45, 7) is 0. The Labute approximate surface area is 91.3 Å². The Hall–Kier alpha value is -2.61. The summed E-state index contributed by atoms with van der Waals surface area (Å²) in [5, 5.41) is 14.7. The van der Waals surface area contributed by atoms with Gasteiger partial charge in [-0.05, 0) is 18.2 Å². The van der Waals surface area contributed by atoms with Crippen LogP contribution in [-0.4, -0.2) is 11.1 Å². The zero-order valence-electron chi connectivity index (χ0n) is 8.18. The summed E-state index contributed by atoms with van der Waals surface area (Å²) in [5.41, 5.74) is 1.34. The average molecular weight is 213 g/mol. The van der Waals surface area contributed by atoms with Gasteiger partial charge in [0.15, 0.2) is 0 Å². The zero-order valence-corrected chi connectivity index (χ0v) is 8.18. The van der Waals surface area contributed by atoms with Crippen molar-refractivity contribution in [1.82, 2.24) is 5.16 Å². The van der Waals surface area contributed by atoms with Gasteiger partial charge in [-0.2, -0.15) is 5.26 Å². The van der Waals surface area contributed by atoms with Crippen LogP contribution >= 0.6 is 0 Å². The average Bonchev–Trinajstić information content (AvgIpc) is 2.82. The topological polar surface area (TPSA) is 78.9 Å². The molecular formula is C11H7N3O2. The summed E-state index contributed by atoms with van der Waals surface area (Å²) in [7, 11) is 0. The third kappa shape index (κ3) is 2.07. The molecule has 0 unspecified atom stereocenters. The number of anilines is 1. The van der Waals surface area contributed by atoms with Gasteiger partial charge in [0.2, 0.25) is 0 Å². The Bertz CT molecular complexity index is 541. The monoisotopic (exact) mass is 213 g/mol. The highest BCUT2D eigenvalue weighted by atomic mass is 16.5. The largest absolute Gasteiger partial charge is 0.363 e. The number of rotatable bonds is 2. The number of benzene rings is 1. The van der Waals surface area contributed by atoms with Crippen LogP contribution in [0.4, 0.5) is 5.69 Å². The summed E-state index contributed by atoms with van der Waals surface area (Å²) < 4.78 is 4.58. The zero-order chi connectivity index (χ0) is 11.4. The molecule has 2 aromatic rings. The fraction of sp³-hybridized carbons (Fsp3) is 0. The van der Waals surface area contributed by atoms with Gasteiger partial charge in [-0.1, -0.05) is 11.2 Å². The maximum atomic E-state index is 11.7. The maximum Gasteiger partial charge on any atom is 0.255 e. The number of aromatic nitrogens is 1. The van der Waals surface area contributed by atoms with Gasteiger partial charge in [-0.3, -0.25) is 4.79 Å². The quantitative estimate of drug-likeness (QED) is 0.824. The molecular weight excluding hydrogens is 206 g/mol. The van der Waals surface area contributed by atoms with Crippen LogP contribution in [0.2, 0.25) is 0 Å². The molecule has 0 spiro atoms. The van der Waals surface area contributed by atoms with Gasteiger partial charge in [-0.15, -0.1) is 0 Å². The molecule has 0 radical (unpaired) electrons. The fourth-order valence-corrected chi connectivity index (χ4v) is 1.20.